The van der Waals surface area contributed by atoms with E-state index in [1.54, 1.807) is 0 Å². The van der Waals surface area contributed by atoms with Gasteiger partial charge in [-0.05, 0) is 12.8 Å². The molecule has 0 fully saturated rings. The summed E-state index contributed by atoms with van der Waals surface area (Å²) < 4.78 is 0. The Morgan fingerprint density at radius 1 is 0.750 bits per heavy atom. The molecule has 0 unspecified atom stereocenters. The van der Waals surface area contributed by atoms with Crippen molar-refractivity contribution in [3.05, 3.63) is 83.9 Å². The second-order valence-electron chi connectivity index (χ2n) is 6.95. The molecule has 4 aromatic carbocycles. The Kier molecular flexibility index (Phi) is 10.2. The topological polar surface area (TPSA) is 0 Å². The Bertz CT molecular complexity index is 885. The number of fused-ring (bicyclic) bond motifs is 2. The summed E-state index contributed by atoms with van der Waals surface area (Å²) in [6.45, 7) is 8.71. The Labute approximate surface area is 184 Å². The molecule has 0 amide bonds. The van der Waals surface area contributed by atoms with Crippen LogP contribution in [0.4, 0.5) is 0 Å². The fraction of sp³-hybridized carbons (Fsp3) is 0.250. The van der Waals surface area contributed by atoms with Crippen LogP contribution in [-0.2, 0) is 30.8 Å². The zero-order valence-corrected chi connectivity index (χ0v) is 22.1. The van der Waals surface area contributed by atoms with E-state index >= 15 is 0 Å². The minimum absolute atomic E-state index is 0.224. The average Bonchev–Trinajstić information content (AvgIpc) is 3.32. The summed E-state index contributed by atoms with van der Waals surface area (Å²) in [4.78, 5) is 0. The van der Waals surface area contributed by atoms with E-state index in [1.807, 2.05) is 0 Å². The van der Waals surface area contributed by atoms with E-state index < -0.39 is 18.0 Å². The second kappa shape index (κ2) is 12.1. The van der Waals surface area contributed by atoms with Crippen molar-refractivity contribution in [3.8, 4) is 0 Å². The Hall–Kier alpha value is -0.660. The quantitative estimate of drug-likeness (QED) is 0.189. The first-order valence-corrected chi connectivity index (χ1v) is 22.2. The van der Waals surface area contributed by atoms with Crippen molar-refractivity contribution >= 4 is 44.0 Å². The first-order valence-electron chi connectivity index (χ1n) is 9.71. The number of halogens is 2. The molecular formula is C24H28Cl2SiZr-2. The molecule has 0 heterocycles. The summed E-state index contributed by atoms with van der Waals surface area (Å²) in [6.07, 6.45) is 2.27. The van der Waals surface area contributed by atoms with Crippen molar-refractivity contribution in [2.45, 2.75) is 39.8 Å². The minimum atomic E-state index is -1.65. The van der Waals surface area contributed by atoms with E-state index in [0.717, 1.165) is 12.8 Å². The van der Waals surface area contributed by atoms with E-state index in [0.29, 0.717) is 0 Å². The van der Waals surface area contributed by atoms with Crippen molar-refractivity contribution in [2.24, 2.45) is 0 Å². The maximum absolute atomic E-state index is 5.62. The zero-order chi connectivity index (χ0) is 20.5. The molecule has 0 saturated heterocycles. The van der Waals surface area contributed by atoms with Crippen molar-refractivity contribution in [3.63, 3.8) is 0 Å². The van der Waals surface area contributed by atoms with Crippen molar-refractivity contribution in [2.75, 3.05) is 0 Å². The van der Waals surface area contributed by atoms with Gasteiger partial charge in [0.2, 0.25) is 0 Å². The van der Waals surface area contributed by atoms with E-state index in [4.69, 9.17) is 17.0 Å². The van der Waals surface area contributed by atoms with Gasteiger partial charge in [-0.25, -0.2) is 0 Å². The van der Waals surface area contributed by atoms with Crippen molar-refractivity contribution < 1.29 is 18.0 Å². The Balaban J connectivity index is 0.000000158. The number of hydrogen-bond donors (Lipinski definition) is 0. The third-order valence-corrected chi connectivity index (χ3v) is 24.3. The third-order valence-electron chi connectivity index (χ3n) is 4.55. The zero-order valence-electron chi connectivity index (χ0n) is 17.1. The van der Waals surface area contributed by atoms with Gasteiger partial charge in [-0.1, -0.05) is 26.0 Å². The molecule has 0 aliphatic heterocycles. The van der Waals surface area contributed by atoms with Gasteiger partial charge in [-0.3, -0.25) is 0 Å². The molecule has 0 aliphatic rings. The molecule has 0 aromatic heterocycles. The van der Waals surface area contributed by atoms with Gasteiger partial charge < -0.3 is 0 Å². The summed E-state index contributed by atoms with van der Waals surface area (Å²) in [7, 11) is 11.2. The molecule has 4 rings (SSSR count). The van der Waals surface area contributed by atoms with Crippen LogP contribution in [0.25, 0.3) is 21.5 Å². The van der Waals surface area contributed by atoms with Gasteiger partial charge in [0.1, 0.15) is 0 Å². The van der Waals surface area contributed by atoms with Gasteiger partial charge in [0, 0.05) is 0 Å². The Morgan fingerprint density at radius 2 is 1.11 bits per heavy atom. The van der Waals surface area contributed by atoms with Crippen LogP contribution in [0.15, 0.2) is 72.8 Å². The molecule has 0 aliphatic carbocycles. The van der Waals surface area contributed by atoms with Crippen LogP contribution in [0.5, 0.6) is 0 Å². The number of rotatable bonds is 2. The Morgan fingerprint density at radius 3 is 1.39 bits per heavy atom. The van der Waals surface area contributed by atoms with Gasteiger partial charge >= 0.3 is 53.5 Å². The number of benzene rings is 2. The SMILES string of the molecule is CCc1cc2ccccc2[cH-]1.CCc1cc2ccccc2[cH-]1.C[Si](C)=[Zr]([Cl])[Cl]. The van der Waals surface area contributed by atoms with Gasteiger partial charge in [-0.15, -0.1) is 81.2 Å². The van der Waals surface area contributed by atoms with Gasteiger partial charge in [0.05, 0.1) is 0 Å². The van der Waals surface area contributed by atoms with Crippen LogP contribution in [-0.4, -0.2) is 5.43 Å². The van der Waals surface area contributed by atoms with Crippen LogP contribution >= 0.6 is 17.0 Å². The van der Waals surface area contributed by atoms with Crippen molar-refractivity contribution in [1.82, 2.24) is 0 Å². The molecule has 0 nitrogen and oxygen atoms in total. The molecule has 28 heavy (non-hydrogen) atoms. The number of hydrogen-bond acceptors (Lipinski definition) is 0. The monoisotopic (exact) mass is 504 g/mol. The van der Waals surface area contributed by atoms with E-state index in [-0.39, 0.29) is 5.43 Å². The summed E-state index contributed by atoms with van der Waals surface area (Å²) >= 11 is -1.65. The molecule has 0 bridgehead atoms. The summed E-state index contributed by atoms with van der Waals surface area (Å²) in [6, 6.07) is 26.0. The summed E-state index contributed by atoms with van der Waals surface area (Å²) in [5.41, 5.74) is 2.65. The molecule has 0 atom stereocenters. The van der Waals surface area contributed by atoms with Crippen LogP contribution in [0.1, 0.15) is 25.0 Å². The summed E-state index contributed by atoms with van der Waals surface area (Å²) in [5, 5.41) is 5.46. The average molecular weight is 507 g/mol. The van der Waals surface area contributed by atoms with Crippen molar-refractivity contribution in [1.29, 1.82) is 0 Å². The first-order chi connectivity index (χ1) is 13.4. The standard InChI is InChI=1S/2C11H11.C2H6Si.2ClH.Zr/c2*1-2-9-7-10-5-3-4-6-11(10)8-9;1-3-2;;;/h2*3-8H,2H2,1H3;1-2H3;2*1H;/q2*-1;;;;+2/p-2. The molecule has 0 N–H and O–H groups in total. The first kappa shape index (κ1) is 23.6. The van der Waals surface area contributed by atoms with Gasteiger partial charge in [0.25, 0.3) is 0 Å². The third kappa shape index (κ3) is 7.30. The van der Waals surface area contributed by atoms with E-state index in [1.165, 1.54) is 32.7 Å². The van der Waals surface area contributed by atoms with Gasteiger partial charge in [0.15, 0.2) is 0 Å². The fourth-order valence-corrected chi connectivity index (χ4v) is 2.84. The number of aryl methyl sites for hydroxylation is 2. The van der Waals surface area contributed by atoms with Crippen LogP contribution in [0, 0.1) is 0 Å². The molecule has 4 heteroatoms. The van der Waals surface area contributed by atoms with Gasteiger partial charge in [-0.2, -0.15) is 12.1 Å². The molecule has 0 spiro atoms. The second-order valence-corrected chi connectivity index (χ2v) is 29.9. The van der Waals surface area contributed by atoms with Crippen LogP contribution in [0.2, 0.25) is 13.1 Å². The predicted octanol–water partition coefficient (Wildman–Crippen LogP) is 8.41. The molecular weight excluding hydrogens is 478 g/mol. The van der Waals surface area contributed by atoms with Crippen LogP contribution < -0.4 is 0 Å². The fourth-order valence-electron chi connectivity index (χ4n) is 2.84. The molecule has 0 saturated carbocycles. The summed E-state index contributed by atoms with van der Waals surface area (Å²) in [5.74, 6) is 0. The van der Waals surface area contributed by atoms with Crippen LogP contribution in [0.3, 0.4) is 0 Å². The molecule has 4 aromatic rings. The van der Waals surface area contributed by atoms with E-state index in [2.05, 4.69) is 99.7 Å². The normalized spacial score (nSPS) is 10.1. The predicted molar refractivity (Wildman–Crippen MR) is 127 cm³/mol. The maximum atomic E-state index is 5.62. The van der Waals surface area contributed by atoms with E-state index in [9.17, 15) is 0 Å². The molecule has 0 radical (unpaired) electrons. The molecule has 148 valence electrons.